The number of nitrogens with zero attached hydrogens (tertiary/aromatic N) is 5. The number of anilines is 1. The predicted molar refractivity (Wildman–Crippen MR) is 141 cm³/mol. The van der Waals surface area contributed by atoms with Crippen molar-refractivity contribution in [3.8, 4) is 29.0 Å². The summed E-state index contributed by atoms with van der Waals surface area (Å²) in [7, 11) is 3.36. The minimum atomic E-state index is 0.389. The van der Waals surface area contributed by atoms with Crippen LogP contribution in [0.1, 0.15) is 18.1 Å². The second-order valence-corrected chi connectivity index (χ2v) is 9.03. The number of rotatable bonds is 11. The normalized spacial score (nSPS) is 13.9. The summed E-state index contributed by atoms with van der Waals surface area (Å²) < 4.78 is 10.7. The second kappa shape index (κ2) is 12.8. The molecular formula is C27H29N5O2S. The molecule has 0 amide bonds. The molecule has 1 aliphatic heterocycles. The summed E-state index contributed by atoms with van der Waals surface area (Å²) in [6.07, 6.45) is 5.41. The number of allylic oxidation sites excluding steroid dienone is 3. The molecule has 7 nitrogen and oxygen atoms in total. The van der Waals surface area contributed by atoms with Crippen molar-refractivity contribution >= 4 is 23.3 Å². The molecule has 2 aromatic rings. The van der Waals surface area contributed by atoms with Crippen LogP contribution in [0.4, 0.5) is 5.82 Å². The van der Waals surface area contributed by atoms with Crippen LogP contribution in [-0.2, 0) is 4.74 Å². The van der Waals surface area contributed by atoms with Gasteiger partial charge in [-0.05, 0) is 29.7 Å². The smallest absolute Gasteiger partial charge is 0.148 e. The number of hydrogen-bond acceptors (Lipinski definition) is 8. The van der Waals surface area contributed by atoms with Gasteiger partial charge in [0.15, 0.2) is 0 Å². The molecule has 1 aliphatic rings. The fraction of sp³-hybridized carbons (Fsp3) is 0.333. The molecule has 0 unspecified atom stereocenters. The van der Waals surface area contributed by atoms with Crippen LogP contribution in [0.5, 0.6) is 5.75 Å². The zero-order valence-corrected chi connectivity index (χ0v) is 21.1. The Bertz CT molecular complexity index is 1190. The highest BCUT2D eigenvalue weighted by Crippen LogP contribution is 2.39. The van der Waals surface area contributed by atoms with E-state index in [1.807, 2.05) is 36.4 Å². The molecule has 2 heterocycles. The third-order valence-electron chi connectivity index (χ3n) is 5.50. The van der Waals surface area contributed by atoms with Crippen LogP contribution in [0.2, 0.25) is 0 Å². The van der Waals surface area contributed by atoms with E-state index in [0.29, 0.717) is 58.2 Å². The van der Waals surface area contributed by atoms with Crippen LogP contribution >= 0.6 is 11.8 Å². The van der Waals surface area contributed by atoms with Gasteiger partial charge in [-0.25, -0.2) is 4.98 Å². The van der Waals surface area contributed by atoms with Crippen molar-refractivity contribution in [2.75, 3.05) is 51.1 Å². The minimum absolute atomic E-state index is 0.389. The van der Waals surface area contributed by atoms with Crippen molar-refractivity contribution in [3.63, 3.8) is 0 Å². The highest BCUT2D eigenvalue weighted by atomic mass is 32.2. The average molecular weight is 488 g/mol. The Morgan fingerprint density at radius 3 is 2.51 bits per heavy atom. The molecule has 0 radical (unpaired) electrons. The maximum absolute atomic E-state index is 10.2. The largest absolute Gasteiger partial charge is 0.491 e. The summed E-state index contributed by atoms with van der Waals surface area (Å²) in [5.74, 6) is 2.39. The molecule has 1 aromatic heterocycles. The Balaban J connectivity index is 2.07. The lowest BCUT2D eigenvalue weighted by Gasteiger charge is -2.39. The third-order valence-corrected chi connectivity index (χ3v) is 6.51. The molecule has 8 heteroatoms. The molecule has 0 atom stereocenters. The number of ether oxygens (including phenoxy) is 2. The summed E-state index contributed by atoms with van der Waals surface area (Å²) in [6.45, 7) is 8.46. The monoisotopic (exact) mass is 487 g/mol. The van der Waals surface area contributed by atoms with E-state index in [-0.39, 0.29) is 0 Å². The Morgan fingerprint density at radius 1 is 1.23 bits per heavy atom. The van der Waals surface area contributed by atoms with E-state index >= 15 is 0 Å². The van der Waals surface area contributed by atoms with E-state index in [1.165, 1.54) is 11.8 Å². The highest BCUT2D eigenvalue weighted by Gasteiger charge is 2.30. The van der Waals surface area contributed by atoms with Gasteiger partial charge in [-0.1, -0.05) is 49.5 Å². The van der Waals surface area contributed by atoms with Gasteiger partial charge in [0.25, 0.3) is 0 Å². The van der Waals surface area contributed by atoms with Gasteiger partial charge < -0.3 is 14.4 Å². The molecule has 0 N–H and O–H groups in total. The first-order valence-corrected chi connectivity index (χ1v) is 12.3. The predicted octanol–water partition coefficient (Wildman–Crippen LogP) is 4.88. The summed E-state index contributed by atoms with van der Waals surface area (Å²) in [5.41, 5.74) is 3.03. The number of methoxy groups -OCH3 is 1. The summed E-state index contributed by atoms with van der Waals surface area (Å²) in [4.78, 5) is 11.2. The van der Waals surface area contributed by atoms with Gasteiger partial charge in [0.1, 0.15) is 40.9 Å². The van der Waals surface area contributed by atoms with Crippen LogP contribution in [0, 0.1) is 28.6 Å². The maximum atomic E-state index is 10.2. The number of pyridine rings is 1. The van der Waals surface area contributed by atoms with Crippen molar-refractivity contribution < 1.29 is 9.47 Å². The standard InChI is InChI=1S/C27H29N5O2S/c1-5-6-7-21(30-3)18-35-27-24(15-29)25(20-8-10-22(11-9-20)34-13-12-33-4)23(14-28)26(31-27)32-16-19(2)17-32/h5-11,19H,1,12-13,16-18H2,2-4H3/b7-6-,30-21?. The first-order valence-electron chi connectivity index (χ1n) is 11.3. The molecule has 1 aromatic carbocycles. The Kier molecular flexibility index (Phi) is 9.48. The lowest BCUT2D eigenvalue weighted by Crippen LogP contribution is -2.46. The van der Waals surface area contributed by atoms with Crippen molar-refractivity contribution in [1.82, 2.24) is 4.98 Å². The summed E-state index contributed by atoms with van der Waals surface area (Å²) in [5, 5.41) is 20.9. The quantitative estimate of drug-likeness (QED) is 0.193. The van der Waals surface area contributed by atoms with Crippen molar-refractivity contribution in [2.24, 2.45) is 10.9 Å². The number of benzene rings is 1. The molecule has 0 spiro atoms. The Hall–Kier alpha value is -3.59. The number of nitriles is 2. The molecule has 0 bridgehead atoms. The van der Waals surface area contributed by atoms with Crippen LogP contribution in [-0.4, -0.2) is 56.9 Å². The number of aromatic nitrogens is 1. The van der Waals surface area contributed by atoms with Gasteiger partial charge in [-0.2, -0.15) is 10.5 Å². The molecule has 180 valence electrons. The Morgan fingerprint density at radius 2 is 1.94 bits per heavy atom. The van der Waals surface area contributed by atoms with Gasteiger partial charge >= 0.3 is 0 Å². The van der Waals surface area contributed by atoms with Gasteiger partial charge in [0.05, 0.1) is 12.2 Å². The zero-order valence-electron chi connectivity index (χ0n) is 20.3. The van der Waals surface area contributed by atoms with Crippen molar-refractivity contribution in [3.05, 3.63) is 60.2 Å². The van der Waals surface area contributed by atoms with Crippen molar-refractivity contribution in [2.45, 2.75) is 11.9 Å². The van der Waals surface area contributed by atoms with Crippen LogP contribution in [0.3, 0.4) is 0 Å². The topological polar surface area (TPSA) is 94.5 Å². The van der Waals surface area contributed by atoms with E-state index in [1.54, 1.807) is 20.2 Å². The molecule has 3 rings (SSSR count). The second-order valence-electron chi connectivity index (χ2n) is 8.06. The number of hydrogen-bond donors (Lipinski definition) is 0. The lowest BCUT2D eigenvalue weighted by molar-refractivity contribution is 0.146. The Labute approximate surface area is 211 Å². The number of thioether (sulfide) groups is 1. The summed E-state index contributed by atoms with van der Waals surface area (Å²) >= 11 is 1.44. The van der Waals surface area contributed by atoms with Crippen LogP contribution < -0.4 is 9.64 Å². The van der Waals surface area contributed by atoms with Crippen LogP contribution in [0.15, 0.2) is 59.1 Å². The van der Waals surface area contributed by atoms with Gasteiger partial charge in [-0.3, -0.25) is 4.99 Å². The molecule has 1 saturated heterocycles. The fourth-order valence-corrected chi connectivity index (χ4v) is 4.68. The lowest BCUT2D eigenvalue weighted by atomic mass is 9.94. The van der Waals surface area contributed by atoms with E-state index in [0.717, 1.165) is 24.4 Å². The van der Waals surface area contributed by atoms with Gasteiger partial charge in [0.2, 0.25) is 0 Å². The van der Waals surface area contributed by atoms with Gasteiger partial charge in [-0.15, -0.1) is 0 Å². The zero-order chi connectivity index (χ0) is 25.2. The maximum Gasteiger partial charge on any atom is 0.148 e. The summed E-state index contributed by atoms with van der Waals surface area (Å²) in [6, 6.07) is 12.1. The van der Waals surface area contributed by atoms with E-state index in [2.05, 4.69) is 35.5 Å². The average Bonchev–Trinajstić information content (AvgIpc) is 2.86. The highest BCUT2D eigenvalue weighted by molar-refractivity contribution is 8.00. The SMILES string of the molecule is C=C/C=C\C(CSc1nc(N2CC(C)C2)c(C#N)c(-c2ccc(OCCOC)cc2)c1C#N)=NC. The van der Waals surface area contributed by atoms with E-state index < -0.39 is 0 Å². The molecule has 1 fully saturated rings. The first kappa shape index (κ1) is 26.0. The third kappa shape index (κ3) is 6.30. The molecule has 0 aliphatic carbocycles. The molecular weight excluding hydrogens is 458 g/mol. The van der Waals surface area contributed by atoms with E-state index in [9.17, 15) is 10.5 Å². The molecule has 0 saturated carbocycles. The fourth-order valence-electron chi connectivity index (χ4n) is 3.72. The molecule has 35 heavy (non-hydrogen) atoms. The first-order chi connectivity index (χ1) is 17.1. The minimum Gasteiger partial charge on any atom is -0.491 e. The van der Waals surface area contributed by atoms with Crippen molar-refractivity contribution in [1.29, 1.82) is 10.5 Å². The van der Waals surface area contributed by atoms with Gasteiger partial charge in [0, 0.05) is 44.3 Å². The van der Waals surface area contributed by atoms with E-state index in [4.69, 9.17) is 14.5 Å². The van der Waals surface area contributed by atoms with Crippen LogP contribution in [0.25, 0.3) is 11.1 Å². The number of aliphatic imine (C=N–C) groups is 1.